The molecule has 1 aromatic carbocycles. The topological polar surface area (TPSA) is 30.0 Å². The third-order valence-corrected chi connectivity index (χ3v) is 2.94. The van der Waals surface area contributed by atoms with Gasteiger partial charge in [0, 0.05) is 18.0 Å². The fourth-order valence-electron chi connectivity index (χ4n) is 1.92. The Morgan fingerprint density at radius 3 is 2.53 bits per heavy atom. The molecular weight excluding hydrogens is 210 g/mol. The molecule has 2 rings (SSSR count). The Hall–Kier alpha value is -1.96. The summed E-state index contributed by atoms with van der Waals surface area (Å²) in [6, 6.07) is 10.2. The molecule has 2 aromatic rings. The number of rotatable bonds is 3. The van der Waals surface area contributed by atoms with Crippen LogP contribution in [0.2, 0.25) is 0 Å². The van der Waals surface area contributed by atoms with Crippen LogP contribution >= 0.6 is 0 Å². The van der Waals surface area contributed by atoms with E-state index in [1.54, 1.807) is 13.1 Å². The maximum Gasteiger partial charge on any atom is 0.161 e. The summed E-state index contributed by atoms with van der Waals surface area (Å²) >= 11 is 0. The van der Waals surface area contributed by atoms with Crippen molar-refractivity contribution in [3.63, 3.8) is 0 Å². The van der Waals surface area contributed by atoms with Gasteiger partial charge in [0.2, 0.25) is 0 Å². The van der Waals surface area contributed by atoms with E-state index in [0.717, 1.165) is 23.1 Å². The number of hydrogen-bond donors (Lipinski definition) is 0. The SMILES string of the molecule is CC(=O)c1cncc(Cc2ccccc2)c1C. The van der Waals surface area contributed by atoms with Crippen LogP contribution in [0.25, 0.3) is 0 Å². The number of Topliss-reactive ketones (excluding diaryl/α,β-unsaturated/α-hetero) is 1. The summed E-state index contributed by atoms with van der Waals surface area (Å²) in [4.78, 5) is 15.6. The van der Waals surface area contributed by atoms with E-state index in [1.807, 2.05) is 31.3 Å². The molecule has 0 spiro atoms. The molecule has 86 valence electrons. The Labute approximate surface area is 101 Å². The number of aromatic nitrogens is 1. The molecule has 0 aliphatic heterocycles. The van der Waals surface area contributed by atoms with Crippen LogP contribution in [-0.4, -0.2) is 10.8 Å². The number of nitrogens with zero attached hydrogens (tertiary/aromatic N) is 1. The molecule has 0 radical (unpaired) electrons. The van der Waals surface area contributed by atoms with Gasteiger partial charge in [-0.05, 0) is 37.0 Å². The van der Waals surface area contributed by atoms with Gasteiger partial charge in [0.25, 0.3) is 0 Å². The van der Waals surface area contributed by atoms with Gasteiger partial charge < -0.3 is 0 Å². The van der Waals surface area contributed by atoms with Crippen LogP contribution < -0.4 is 0 Å². The van der Waals surface area contributed by atoms with Crippen molar-refractivity contribution in [2.24, 2.45) is 0 Å². The number of hydrogen-bond acceptors (Lipinski definition) is 2. The standard InChI is InChI=1S/C15H15NO/c1-11-14(8-13-6-4-3-5-7-13)9-16-10-15(11)12(2)17/h3-7,9-10H,8H2,1-2H3. The van der Waals surface area contributed by atoms with Gasteiger partial charge in [-0.25, -0.2) is 0 Å². The van der Waals surface area contributed by atoms with Crippen LogP contribution in [0.1, 0.15) is 34.0 Å². The molecule has 2 nitrogen and oxygen atoms in total. The first-order chi connectivity index (χ1) is 8.18. The Morgan fingerprint density at radius 1 is 1.18 bits per heavy atom. The minimum absolute atomic E-state index is 0.0740. The van der Waals surface area contributed by atoms with Crippen LogP contribution in [0.5, 0.6) is 0 Å². The lowest BCUT2D eigenvalue weighted by atomic mass is 9.98. The minimum Gasteiger partial charge on any atom is -0.294 e. The molecule has 0 aliphatic carbocycles. The van der Waals surface area contributed by atoms with E-state index < -0.39 is 0 Å². The van der Waals surface area contributed by atoms with Gasteiger partial charge in [-0.3, -0.25) is 9.78 Å². The highest BCUT2D eigenvalue weighted by molar-refractivity contribution is 5.95. The highest BCUT2D eigenvalue weighted by atomic mass is 16.1. The van der Waals surface area contributed by atoms with Crippen LogP contribution in [0.3, 0.4) is 0 Å². The van der Waals surface area contributed by atoms with E-state index in [9.17, 15) is 4.79 Å². The first-order valence-corrected chi connectivity index (χ1v) is 5.67. The zero-order valence-electron chi connectivity index (χ0n) is 10.1. The molecule has 0 atom stereocenters. The number of carbonyl (C=O) groups is 1. The van der Waals surface area contributed by atoms with Crippen molar-refractivity contribution in [1.29, 1.82) is 0 Å². The second-order valence-electron chi connectivity index (χ2n) is 4.19. The maximum atomic E-state index is 11.4. The van der Waals surface area contributed by atoms with E-state index in [-0.39, 0.29) is 5.78 Å². The predicted molar refractivity (Wildman–Crippen MR) is 68.2 cm³/mol. The molecule has 0 N–H and O–H groups in total. The normalized spacial score (nSPS) is 10.2. The van der Waals surface area contributed by atoms with Gasteiger partial charge in [-0.15, -0.1) is 0 Å². The molecule has 0 bridgehead atoms. The minimum atomic E-state index is 0.0740. The van der Waals surface area contributed by atoms with E-state index in [1.165, 1.54) is 5.56 Å². The van der Waals surface area contributed by atoms with E-state index in [4.69, 9.17) is 0 Å². The number of carbonyl (C=O) groups excluding carboxylic acids is 1. The van der Waals surface area contributed by atoms with Crippen LogP contribution in [-0.2, 0) is 6.42 Å². The van der Waals surface area contributed by atoms with E-state index in [2.05, 4.69) is 17.1 Å². The van der Waals surface area contributed by atoms with E-state index in [0.29, 0.717) is 0 Å². The predicted octanol–water partition coefficient (Wildman–Crippen LogP) is 3.18. The third-order valence-electron chi connectivity index (χ3n) is 2.94. The maximum absolute atomic E-state index is 11.4. The molecule has 17 heavy (non-hydrogen) atoms. The Balaban J connectivity index is 2.34. The van der Waals surface area contributed by atoms with Gasteiger partial charge in [0.05, 0.1) is 0 Å². The van der Waals surface area contributed by atoms with Crippen molar-refractivity contribution in [3.8, 4) is 0 Å². The lowest BCUT2D eigenvalue weighted by Gasteiger charge is -2.08. The lowest BCUT2D eigenvalue weighted by Crippen LogP contribution is -2.02. The van der Waals surface area contributed by atoms with Crippen molar-refractivity contribution in [2.75, 3.05) is 0 Å². The zero-order valence-corrected chi connectivity index (χ0v) is 10.1. The Kier molecular flexibility index (Phi) is 3.33. The van der Waals surface area contributed by atoms with Crippen LogP contribution in [0.15, 0.2) is 42.7 Å². The zero-order chi connectivity index (χ0) is 12.3. The van der Waals surface area contributed by atoms with Crippen molar-refractivity contribution >= 4 is 5.78 Å². The largest absolute Gasteiger partial charge is 0.294 e. The molecule has 1 aromatic heterocycles. The highest BCUT2D eigenvalue weighted by Crippen LogP contribution is 2.16. The molecule has 0 saturated carbocycles. The average molecular weight is 225 g/mol. The monoisotopic (exact) mass is 225 g/mol. The second kappa shape index (κ2) is 4.91. The molecule has 0 saturated heterocycles. The molecular formula is C15H15NO. The summed E-state index contributed by atoms with van der Waals surface area (Å²) < 4.78 is 0. The summed E-state index contributed by atoms with van der Waals surface area (Å²) in [6.45, 7) is 3.56. The van der Waals surface area contributed by atoms with Gasteiger partial charge >= 0.3 is 0 Å². The fraction of sp³-hybridized carbons (Fsp3) is 0.200. The molecule has 0 unspecified atom stereocenters. The van der Waals surface area contributed by atoms with Crippen molar-refractivity contribution in [1.82, 2.24) is 4.98 Å². The number of ketones is 1. The van der Waals surface area contributed by atoms with Gasteiger partial charge in [0.1, 0.15) is 0 Å². The second-order valence-corrected chi connectivity index (χ2v) is 4.19. The molecule has 1 heterocycles. The highest BCUT2D eigenvalue weighted by Gasteiger charge is 2.08. The Morgan fingerprint density at radius 2 is 1.88 bits per heavy atom. The molecule has 0 fully saturated rings. The third kappa shape index (κ3) is 2.59. The number of pyridine rings is 1. The fourth-order valence-corrected chi connectivity index (χ4v) is 1.92. The van der Waals surface area contributed by atoms with Gasteiger partial charge in [-0.1, -0.05) is 30.3 Å². The smallest absolute Gasteiger partial charge is 0.161 e. The van der Waals surface area contributed by atoms with Crippen LogP contribution in [0, 0.1) is 6.92 Å². The van der Waals surface area contributed by atoms with Gasteiger partial charge in [0.15, 0.2) is 5.78 Å². The summed E-state index contributed by atoms with van der Waals surface area (Å²) in [6.07, 6.45) is 4.31. The molecule has 2 heteroatoms. The summed E-state index contributed by atoms with van der Waals surface area (Å²) in [5.74, 6) is 0.0740. The van der Waals surface area contributed by atoms with Crippen molar-refractivity contribution in [2.45, 2.75) is 20.3 Å². The summed E-state index contributed by atoms with van der Waals surface area (Å²) in [5, 5.41) is 0. The van der Waals surface area contributed by atoms with Gasteiger partial charge in [-0.2, -0.15) is 0 Å². The first-order valence-electron chi connectivity index (χ1n) is 5.67. The van der Waals surface area contributed by atoms with Crippen LogP contribution in [0.4, 0.5) is 0 Å². The first kappa shape index (κ1) is 11.5. The average Bonchev–Trinajstić information content (AvgIpc) is 2.33. The number of benzene rings is 1. The lowest BCUT2D eigenvalue weighted by molar-refractivity contribution is 0.101. The van der Waals surface area contributed by atoms with Crippen molar-refractivity contribution in [3.05, 3.63) is 65.0 Å². The summed E-state index contributed by atoms with van der Waals surface area (Å²) in [7, 11) is 0. The molecule has 0 amide bonds. The molecule has 0 aliphatic rings. The van der Waals surface area contributed by atoms with Crippen molar-refractivity contribution < 1.29 is 4.79 Å². The Bertz CT molecular complexity index is 532. The summed E-state index contributed by atoms with van der Waals surface area (Å²) in [5.41, 5.74) is 4.11. The quantitative estimate of drug-likeness (QED) is 0.751. The van der Waals surface area contributed by atoms with E-state index >= 15 is 0 Å².